The molecule has 0 saturated carbocycles. The van der Waals surface area contributed by atoms with Crippen molar-refractivity contribution in [2.24, 2.45) is 0 Å². The van der Waals surface area contributed by atoms with Crippen molar-refractivity contribution in [3.63, 3.8) is 0 Å². The van der Waals surface area contributed by atoms with Crippen molar-refractivity contribution < 1.29 is 17.9 Å². The van der Waals surface area contributed by atoms with Crippen LogP contribution in [0.1, 0.15) is 38.2 Å². The Morgan fingerprint density at radius 3 is 2.75 bits per heavy atom. The van der Waals surface area contributed by atoms with Crippen LogP contribution in [0, 0.1) is 0 Å². The van der Waals surface area contributed by atoms with E-state index in [2.05, 4.69) is 24.0 Å². The molecule has 1 aromatic carbocycles. The van der Waals surface area contributed by atoms with E-state index in [1.54, 1.807) is 0 Å². The summed E-state index contributed by atoms with van der Waals surface area (Å²) in [6, 6.07) is 10.1. The first-order valence-corrected chi connectivity index (χ1v) is 12.2. The molecule has 2 heterocycles. The smallest absolute Gasteiger partial charge is 0.225 e. The van der Waals surface area contributed by atoms with Gasteiger partial charge in [-0.1, -0.05) is 43.7 Å². The van der Waals surface area contributed by atoms with Crippen molar-refractivity contribution in [3.05, 3.63) is 35.9 Å². The molecule has 2 aliphatic rings. The van der Waals surface area contributed by atoms with Gasteiger partial charge >= 0.3 is 0 Å². The number of rotatable bonds is 8. The van der Waals surface area contributed by atoms with Crippen LogP contribution in [-0.4, -0.2) is 74.0 Å². The monoisotopic (exact) mass is 408 g/mol. The van der Waals surface area contributed by atoms with Gasteiger partial charge in [-0.25, -0.2) is 8.42 Å². The van der Waals surface area contributed by atoms with Crippen molar-refractivity contribution in [1.29, 1.82) is 0 Å². The lowest BCUT2D eigenvalue weighted by molar-refractivity contribution is -0.138. The summed E-state index contributed by atoms with van der Waals surface area (Å²) in [6.07, 6.45) is 2.63. The molecule has 0 aromatic heterocycles. The highest BCUT2D eigenvalue weighted by Gasteiger charge is 2.35. The molecule has 1 amide bonds. The molecule has 0 aliphatic carbocycles. The number of benzene rings is 1. The van der Waals surface area contributed by atoms with E-state index in [-0.39, 0.29) is 29.6 Å². The van der Waals surface area contributed by atoms with Crippen molar-refractivity contribution in [3.8, 4) is 0 Å². The molecule has 1 aromatic rings. The molecular weight excluding hydrogens is 376 g/mol. The maximum absolute atomic E-state index is 13.0. The van der Waals surface area contributed by atoms with Gasteiger partial charge in [-0.3, -0.25) is 9.69 Å². The Hall–Kier alpha value is -1.44. The molecule has 0 radical (unpaired) electrons. The average molecular weight is 409 g/mol. The summed E-state index contributed by atoms with van der Waals surface area (Å²) in [5.74, 6) is 0.328. The largest absolute Gasteiger partial charge is 0.375 e. The lowest BCUT2D eigenvalue weighted by Crippen LogP contribution is -2.47. The Labute approximate surface area is 168 Å². The number of hydrogen-bond donors (Lipinski definition) is 0. The highest BCUT2D eigenvalue weighted by atomic mass is 32.2. The number of carbonyl (C=O) groups excluding carboxylic acids is 1. The van der Waals surface area contributed by atoms with Gasteiger partial charge in [0.25, 0.3) is 0 Å². The first-order valence-electron chi connectivity index (χ1n) is 10.3. The van der Waals surface area contributed by atoms with Crippen LogP contribution < -0.4 is 0 Å². The van der Waals surface area contributed by atoms with Crippen LogP contribution in [0.5, 0.6) is 0 Å². The molecule has 3 rings (SSSR count). The van der Waals surface area contributed by atoms with Crippen molar-refractivity contribution in [1.82, 2.24) is 9.80 Å². The van der Waals surface area contributed by atoms with Gasteiger partial charge in [0.15, 0.2) is 9.84 Å². The lowest BCUT2D eigenvalue weighted by Gasteiger charge is -2.35. The molecular formula is C21H32N2O4S. The molecule has 2 saturated heterocycles. The zero-order valence-corrected chi connectivity index (χ0v) is 17.6. The van der Waals surface area contributed by atoms with E-state index in [0.717, 1.165) is 32.5 Å². The maximum atomic E-state index is 13.0. The number of amides is 1. The minimum absolute atomic E-state index is 0.0297. The third-order valence-electron chi connectivity index (χ3n) is 5.60. The van der Waals surface area contributed by atoms with Crippen LogP contribution in [0.3, 0.4) is 0 Å². The Morgan fingerprint density at radius 2 is 2.07 bits per heavy atom. The molecule has 28 heavy (non-hydrogen) atoms. The van der Waals surface area contributed by atoms with Gasteiger partial charge in [-0.05, 0) is 18.4 Å². The number of nitrogens with zero attached hydrogens (tertiary/aromatic N) is 2. The SMILES string of the molecule is CCCCN(C(=O)CC1CN(Cc2ccccc2)CCO1)C1CCS(=O)(=O)C1. The van der Waals surface area contributed by atoms with Crippen LogP contribution in [0.4, 0.5) is 0 Å². The zero-order valence-electron chi connectivity index (χ0n) is 16.8. The summed E-state index contributed by atoms with van der Waals surface area (Å²) in [5.41, 5.74) is 1.26. The predicted molar refractivity (Wildman–Crippen MR) is 110 cm³/mol. The van der Waals surface area contributed by atoms with Gasteiger partial charge < -0.3 is 9.64 Å². The number of ether oxygens (including phenoxy) is 1. The molecule has 2 unspecified atom stereocenters. The zero-order chi connectivity index (χ0) is 20.0. The van der Waals surface area contributed by atoms with E-state index in [9.17, 15) is 13.2 Å². The minimum atomic E-state index is -3.01. The second kappa shape index (κ2) is 9.85. The molecule has 0 bridgehead atoms. The van der Waals surface area contributed by atoms with E-state index in [1.807, 2.05) is 23.1 Å². The number of hydrogen-bond acceptors (Lipinski definition) is 5. The van der Waals surface area contributed by atoms with Gasteiger partial charge in [-0.2, -0.15) is 0 Å². The Balaban J connectivity index is 1.57. The normalized spacial score (nSPS) is 24.9. The Morgan fingerprint density at radius 1 is 1.29 bits per heavy atom. The fraction of sp³-hybridized carbons (Fsp3) is 0.667. The fourth-order valence-corrected chi connectivity index (χ4v) is 5.79. The summed E-state index contributed by atoms with van der Waals surface area (Å²) < 4.78 is 29.6. The van der Waals surface area contributed by atoms with E-state index < -0.39 is 9.84 Å². The fourth-order valence-electron chi connectivity index (χ4n) is 4.06. The second-order valence-corrected chi connectivity index (χ2v) is 10.1. The Bertz CT molecular complexity index is 738. The quantitative estimate of drug-likeness (QED) is 0.659. The standard InChI is InChI=1S/C21H32N2O4S/c1-2-3-10-23(19-9-13-28(25,26)17-19)21(24)14-20-16-22(11-12-27-20)15-18-7-5-4-6-8-18/h4-8,19-20H,2-3,9-17H2,1H3. The molecule has 2 fully saturated rings. The number of unbranched alkanes of at least 4 members (excludes halogenated alkanes) is 1. The van der Waals surface area contributed by atoms with E-state index in [1.165, 1.54) is 5.56 Å². The molecule has 7 heteroatoms. The summed E-state index contributed by atoms with van der Waals surface area (Å²) in [6.45, 7) is 5.79. The first kappa shape index (κ1) is 21.3. The van der Waals surface area contributed by atoms with Gasteiger partial charge in [0.1, 0.15) is 0 Å². The maximum Gasteiger partial charge on any atom is 0.225 e. The summed E-state index contributed by atoms with van der Waals surface area (Å²) >= 11 is 0. The van der Waals surface area contributed by atoms with Crippen molar-refractivity contribution >= 4 is 15.7 Å². The Kier molecular flexibility index (Phi) is 7.48. The summed E-state index contributed by atoms with van der Waals surface area (Å²) in [4.78, 5) is 17.2. The predicted octanol–water partition coefficient (Wildman–Crippen LogP) is 2.09. The van der Waals surface area contributed by atoms with Gasteiger partial charge in [0, 0.05) is 32.2 Å². The number of morpholine rings is 1. The molecule has 2 aliphatic heterocycles. The first-order chi connectivity index (χ1) is 13.5. The molecule has 2 atom stereocenters. The van der Waals surface area contributed by atoms with Crippen LogP contribution in [0.2, 0.25) is 0 Å². The van der Waals surface area contributed by atoms with Crippen molar-refractivity contribution in [2.45, 2.75) is 51.3 Å². The van der Waals surface area contributed by atoms with E-state index >= 15 is 0 Å². The number of sulfone groups is 1. The van der Waals surface area contributed by atoms with Crippen LogP contribution in [0.15, 0.2) is 30.3 Å². The lowest BCUT2D eigenvalue weighted by atomic mass is 10.1. The van der Waals surface area contributed by atoms with Crippen LogP contribution >= 0.6 is 0 Å². The van der Waals surface area contributed by atoms with Gasteiger partial charge in [-0.15, -0.1) is 0 Å². The van der Waals surface area contributed by atoms with E-state index in [4.69, 9.17) is 4.74 Å². The second-order valence-electron chi connectivity index (χ2n) is 7.92. The van der Waals surface area contributed by atoms with Gasteiger partial charge in [0.2, 0.25) is 5.91 Å². The third-order valence-corrected chi connectivity index (χ3v) is 7.35. The van der Waals surface area contributed by atoms with Crippen LogP contribution in [0.25, 0.3) is 0 Å². The minimum Gasteiger partial charge on any atom is -0.375 e. The number of carbonyl (C=O) groups is 1. The molecule has 156 valence electrons. The highest BCUT2D eigenvalue weighted by Crippen LogP contribution is 2.21. The molecule has 6 nitrogen and oxygen atoms in total. The highest BCUT2D eigenvalue weighted by molar-refractivity contribution is 7.91. The van der Waals surface area contributed by atoms with E-state index in [0.29, 0.717) is 26.0 Å². The molecule has 0 N–H and O–H groups in total. The third kappa shape index (κ3) is 6.03. The summed E-state index contributed by atoms with van der Waals surface area (Å²) in [7, 11) is -3.01. The average Bonchev–Trinajstić information content (AvgIpc) is 3.03. The summed E-state index contributed by atoms with van der Waals surface area (Å²) in [5, 5.41) is 0. The van der Waals surface area contributed by atoms with Crippen molar-refractivity contribution in [2.75, 3.05) is 37.7 Å². The van der Waals surface area contributed by atoms with Crippen LogP contribution in [-0.2, 0) is 25.9 Å². The topological polar surface area (TPSA) is 66.9 Å². The van der Waals surface area contributed by atoms with Gasteiger partial charge in [0.05, 0.1) is 30.6 Å². The molecule has 0 spiro atoms.